The first-order valence-corrected chi connectivity index (χ1v) is 3.95. The third kappa shape index (κ3) is 2.78. The molecule has 5 nitrogen and oxygen atoms in total. The summed E-state index contributed by atoms with van der Waals surface area (Å²) in [5, 5.41) is 10.5. The van der Waals surface area contributed by atoms with Gasteiger partial charge in [-0.1, -0.05) is 12.1 Å². The van der Waals surface area contributed by atoms with Gasteiger partial charge in [0.15, 0.2) is 0 Å². The van der Waals surface area contributed by atoms with Gasteiger partial charge in [-0.2, -0.15) is 0 Å². The van der Waals surface area contributed by atoms with Crippen LogP contribution >= 0.6 is 0 Å². The maximum Gasteiger partial charge on any atom is 0.404 e. The zero-order valence-corrected chi connectivity index (χ0v) is 7.36. The topological polar surface area (TPSA) is 92.4 Å². The van der Waals surface area contributed by atoms with Crippen LogP contribution in [-0.2, 0) is 6.54 Å². The van der Waals surface area contributed by atoms with Crippen LogP contribution in [0.3, 0.4) is 0 Å². The molecule has 0 aromatic heterocycles. The van der Waals surface area contributed by atoms with Gasteiger partial charge in [0.2, 0.25) is 5.91 Å². The minimum absolute atomic E-state index is 0.217. The van der Waals surface area contributed by atoms with E-state index in [-0.39, 0.29) is 6.54 Å². The standard InChI is InChI=1S/C9H10N2O3/c10-8(12)7-3-1-6(2-4-7)5-11-9(13)14/h1-4,11H,5H2,(H2,10,12)(H,13,14). The zero-order valence-electron chi connectivity index (χ0n) is 7.36. The van der Waals surface area contributed by atoms with E-state index in [1.54, 1.807) is 24.3 Å². The van der Waals surface area contributed by atoms with Crippen molar-refractivity contribution in [3.05, 3.63) is 35.4 Å². The highest BCUT2D eigenvalue weighted by atomic mass is 16.4. The summed E-state index contributed by atoms with van der Waals surface area (Å²) in [6.07, 6.45) is -1.08. The monoisotopic (exact) mass is 194 g/mol. The number of nitrogens with one attached hydrogen (secondary N) is 1. The Morgan fingerprint density at radius 2 is 1.86 bits per heavy atom. The SMILES string of the molecule is NC(=O)c1ccc(CNC(=O)O)cc1. The predicted octanol–water partition coefficient (Wildman–Crippen LogP) is 0.553. The Bertz CT molecular complexity index is 346. The van der Waals surface area contributed by atoms with Gasteiger partial charge in [0, 0.05) is 12.1 Å². The van der Waals surface area contributed by atoms with Crippen molar-refractivity contribution < 1.29 is 14.7 Å². The Hall–Kier alpha value is -2.04. The average molecular weight is 194 g/mol. The second kappa shape index (κ2) is 4.27. The number of rotatable bonds is 3. The zero-order chi connectivity index (χ0) is 10.6. The first-order chi connectivity index (χ1) is 6.59. The number of hydrogen-bond donors (Lipinski definition) is 3. The number of carboxylic acid groups (broad SMARTS) is 1. The lowest BCUT2D eigenvalue weighted by atomic mass is 10.1. The molecule has 2 amide bonds. The molecule has 0 heterocycles. The Morgan fingerprint density at radius 1 is 1.29 bits per heavy atom. The summed E-state index contributed by atoms with van der Waals surface area (Å²) in [7, 11) is 0. The largest absolute Gasteiger partial charge is 0.465 e. The minimum atomic E-state index is -1.08. The molecule has 0 saturated carbocycles. The highest BCUT2D eigenvalue weighted by molar-refractivity contribution is 5.92. The van der Waals surface area contributed by atoms with Gasteiger partial charge in [-0.05, 0) is 17.7 Å². The average Bonchev–Trinajstić information content (AvgIpc) is 2.15. The van der Waals surface area contributed by atoms with Crippen LogP contribution in [0.2, 0.25) is 0 Å². The second-order valence-corrected chi connectivity index (χ2v) is 2.72. The molecule has 0 unspecified atom stereocenters. The number of amides is 2. The van der Waals surface area contributed by atoms with E-state index in [0.717, 1.165) is 5.56 Å². The summed E-state index contributed by atoms with van der Waals surface area (Å²) >= 11 is 0. The van der Waals surface area contributed by atoms with E-state index in [2.05, 4.69) is 5.32 Å². The number of hydrogen-bond acceptors (Lipinski definition) is 2. The van der Waals surface area contributed by atoms with E-state index in [1.165, 1.54) is 0 Å². The van der Waals surface area contributed by atoms with Crippen LogP contribution in [-0.4, -0.2) is 17.1 Å². The lowest BCUT2D eigenvalue weighted by Gasteiger charge is -2.01. The van der Waals surface area contributed by atoms with Crippen molar-refractivity contribution in [1.29, 1.82) is 0 Å². The first kappa shape index (κ1) is 10.0. The molecule has 0 aliphatic carbocycles. The molecular formula is C9H10N2O3. The summed E-state index contributed by atoms with van der Waals surface area (Å²) in [5.74, 6) is -0.497. The molecule has 0 fully saturated rings. The molecule has 74 valence electrons. The summed E-state index contributed by atoms with van der Waals surface area (Å²) in [5.41, 5.74) is 6.22. The lowest BCUT2D eigenvalue weighted by molar-refractivity contribution is 0.1000. The first-order valence-electron chi connectivity index (χ1n) is 3.95. The quantitative estimate of drug-likeness (QED) is 0.656. The van der Waals surface area contributed by atoms with Gasteiger partial charge in [0.1, 0.15) is 0 Å². The number of benzene rings is 1. The Labute approximate surface area is 80.5 Å². The highest BCUT2D eigenvalue weighted by Gasteiger charge is 2.00. The molecule has 1 aromatic rings. The molecule has 14 heavy (non-hydrogen) atoms. The van der Waals surface area contributed by atoms with Gasteiger partial charge in [-0.15, -0.1) is 0 Å². The molecule has 1 rings (SSSR count). The fourth-order valence-corrected chi connectivity index (χ4v) is 0.965. The molecule has 0 aliphatic rings. The maximum atomic E-state index is 10.7. The second-order valence-electron chi connectivity index (χ2n) is 2.72. The predicted molar refractivity (Wildman–Crippen MR) is 49.8 cm³/mol. The Kier molecular flexibility index (Phi) is 3.06. The summed E-state index contributed by atoms with van der Waals surface area (Å²) < 4.78 is 0. The van der Waals surface area contributed by atoms with Crippen molar-refractivity contribution >= 4 is 12.0 Å². The number of carbonyl (C=O) groups excluding carboxylic acids is 1. The van der Waals surface area contributed by atoms with E-state index in [4.69, 9.17) is 10.8 Å². The van der Waals surface area contributed by atoms with Gasteiger partial charge < -0.3 is 16.2 Å². The Morgan fingerprint density at radius 3 is 2.29 bits per heavy atom. The van der Waals surface area contributed by atoms with Crippen molar-refractivity contribution in [2.24, 2.45) is 5.73 Å². The molecule has 0 aliphatic heterocycles. The maximum absolute atomic E-state index is 10.7. The van der Waals surface area contributed by atoms with Crippen molar-refractivity contribution in [2.75, 3.05) is 0 Å². The van der Waals surface area contributed by atoms with Crippen LogP contribution < -0.4 is 11.1 Å². The van der Waals surface area contributed by atoms with Gasteiger partial charge in [0.25, 0.3) is 0 Å². The third-order valence-electron chi connectivity index (χ3n) is 1.68. The fourth-order valence-electron chi connectivity index (χ4n) is 0.965. The third-order valence-corrected chi connectivity index (χ3v) is 1.68. The van der Waals surface area contributed by atoms with Crippen LogP contribution in [0.1, 0.15) is 15.9 Å². The van der Waals surface area contributed by atoms with Gasteiger partial charge in [0.05, 0.1) is 0 Å². The molecule has 0 atom stereocenters. The molecular weight excluding hydrogens is 184 g/mol. The van der Waals surface area contributed by atoms with Crippen molar-refractivity contribution in [2.45, 2.75) is 6.54 Å². The van der Waals surface area contributed by atoms with E-state index < -0.39 is 12.0 Å². The van der Waals surface area contributed by atoms with Crippen LogP contribution in [0.4, 0.5) is 4.79 Å². The van der Waals surface area contributed by atoms with Gasteiger partial charge in [-0.25, -0.2) is 4.79 Å². The molecule has 5 heteroatoms. The van der Waals surface area contributed by atoms with Gasteiger partial charge in [-0.3, -0.25) is 4.79 Å². The molecule has 4 N–H and O–H groups in total. The van der Waals surface area contributed by atoms with Crippen LogP contribution in [0.25, 0.3) is 0 Å². The van der Waals surface area contributed by atoms with Crippen LogP contribution in [0.15, 0.2) is 24.3 Å². The summed E-state index contributed by atoms with van der Waals surface area (Å²) in [4.78, 5) is 20.9. The molecule has 0 spiro atoms. The molecule has 0 saturated heterocycles. The van der Waals surface area contributed by atoms with E-state index in [9.17, 15) is 9.59 Å². The smallest absolute Gasteiger partial charge is 0.404 e. The van der Waals surface area contributed by atoms with E-state index in [0.29, 0.717) is 5.56 Å². The van der Waals surface area contributed by atoms with Crippen molar-refractivity contribution in [3.63, 3.8) is 0 Å². The highest BCUT2D eigenvalue weighted by Crippen LogP contribution is 2.03. The number of carbonyl (C=O) groups is 2. The summed E-state index contributed by atoms with van der Waals surface area (Å²) in [6.45, 7) is 0.217. The lowest BCUT2D eigenvalue weighted by Crippen LogP contribution is -2.20. The van der Waals surface area contributed by atoms with Gasteiger partial charge >= 0.3 is 6.09 Å². The number of nitrogens with two attached hydrogens (primary N) is 1. The fraction of sp³-hybridized carbons (Fsp3) is 0.111. The molecule has 0 radical (unpaired) electrons. The van der Waals surface area contributed by atoms with E-state index in [1.807, 2.05) is 0 Å². The van der Waals surface area contributed by atoms with Crippen LogP contribution in [0, 0.1) is 0 Å². The van der Waals surface area contributed by atoms with Crippen molar-refractivity contribution in [3.8, 4) is 0 Å². The number of primary amides is 1. The molecule has 1 aromatic carbocycles. The minimum Gasteiger partial charge on any atom is -0.465 e. The van der Waals surface area contributed by atoms with Crippen molar-refractivity contribution in [1.82, 2.24) is 5.32 Å². The Balaban J connectivity index is 2.64. The van der Waals surface area contributed by atoms with E-state index >= 15 is 0 Å². The molecule has 0 bridgehead atoms. The summed E-state index contributed by atoms with van der Waals surface area (Å²) in [6, 6.07) is 6.41. The normalized spacial score (nSPS) is 9.43. The van der Waals surface area contributed by atoms with Crippen LogP contribution in [0.5, 0.6) is 0 Å².